The zero-order valence-corrected chi connectivity index (χ0v) is 10.8. The number of hydrogen-bond donors (Lipinski definition) is 1. The van der Waals surface area contributed by atoms with Crippen molar-refractivity contribution in [3.05, 3.63) is 5.69 Å². The van der Waals surface area contributed by atoms with Crippen LogP contribution in [0.15, 0.2) is 0 Å². The largest absolute Gasteiger partial charge is 0.374 e. The summed E-state index contributed by atoms with van der Waals surface area (Å²) in [5, 5.41) is 8.57. The molecule has 1 heterocycles. The van der Waals surface area contributed by atoms with Crippen molar-refractivity contribution in [3.8, 4) is 0 Å². The van der Waals surface area contributed by atoms with Crippen molar-refractivity contribution < 1.29 is 0 Å². The summed E-state index contributed by atoms with van der Waals surface area (Å²) in [6, 6.07) is 0.547. The summed E-state index contributed by atoms with van der Waals surface area (Å²) in [5.41, 5.74) is 1.07. The summed E-state index contributed by atoms with van der Waals surface area (Å²) in [7, 11) is 0. The zero-order chi connectivity index (χ0) is 11.3. The Morgan fingerprint density at radius 1 is 1.40 bits per heavy atom. The highest BCUT2D eigenvalue weighted by atomic mass is 32.1. The van der Waals surface area contributed by atoms with Crippen LogP contribution in [-0.4, -0.2) is 33.6 Å². The number of aromatic nitrogens is 2. The van der Waals surface area contributed by atoms with Gasteiger partial charge in [0.1, 0.15) is 10.7 Å². The van der Waals surface area contributed by atoms with E-state index in [2.05, 4.69) is 47.5 Å². The van der Waals surface area contributed by atoms with E-state index in [-0.39, 0.29) is 0 Å². The van der Waals surface area contributed by atoms with Crippen LogP contribution in [0.4, 0.5) is 5.00 Å². The van der Waals surface area contributed by atoms with Gasteiger partial charge in [0, 0.05) is 30.7 Å². The first-order valence-electron chi connectivity index (χ1n) is 5.48. The molecule has 0 radical (unpaired) electrons. The number of hydrogen-bond acceptors (Lipinski definition) is 5. The molecule has 0 spiro atoms. The highest BCUT2D eigenvalue weighted by Gasteiger charge is 2.13. The van der Waals surface area contributed by atoms with Gasteiger partial charge in [-0.3, -0.25) is 4.90 Å². The lowest BCUT2D eigenvalue weighted by Gasteiger charge is -2.23. The Labute approximate surface area is 95.8 Å². The molecule has 0 fully saturated rings. The van der Waals surface area contributed by atoms with Gasteiger partial charge in [-0.1, -0.05) is 11.4 Å². The number of nitrogens with one attached hydrogen (secondary N) is 1. The van der Waals surface area contributed by atoms with E-state index < -0.39 is 0 Å². The summed E-state index contributed by atoms with van der Waals surface area (Å²) in [5.74, 6) is 0. The molecule has 1 aromatic rings. The summed E-state index contributed by atoms with van der Waals surface area (Å²) in [6.07, 6.45) is 0. The minimum absolute atomic E-state index is 0.547. The Morgan fingerprint density at radius 2 is 2.13 bits per heavy atom. The maximum Gasteiger partial charge on any atom is 0.134 e. The third-order valence-electron chi connectivity index (χ3n) is 2.38. The van der Waals surface area contributed by atoms with Crippen LogP contribution < -0.4 is 5.32 Å². The molecule has 1 rings (SSSR count). The second-order valence-electron chi connectivity index (χ2n) is 3.74. The highest BCUT2D eigenvalue weighted by Crippen LogP contribution is 2.19. The SMILES string of the molecule is CCNc1snnc1CN(CC)C(C)C. The van der Waals surface area contributed by atoms with Crippen molar-refractivity contribution >= 4 is 16.5 Å². The molecule has 1 N–H and O–H groups in total. The molecule has 0 aliphatic carbocycles. The van der Waals surface area contributed by atoms with Crippen molar-refractivity contribution in [2.45, 2.75) is 40.3 Å². The highest BCUT2D eigenvalue weighted by molar-refractivity contribution is 7.10. The van der Waals surface area contributed by atoms with Gasteiger partial charge in [0.05, 0.1) is 0 Å². The molecule has 0 atom stereocenters. The average Bonchev–Trinajstić information content (AvgIpc) is 2.62. The molecule has 0 aromatic carbocycles. The lowest BCUT2D eigenvalue weighted by molar-refractivity contribution is 0.222. The van der Waals surface area contributed by atoms with E-state index in [0.717, 1.165) is 30.3 Å². The molecule has 0 bridgehead atoms. The predicted octanol–water partition coefficient (Wildman–Crippen LogP) is 2.20. The van der Waals surface area contributed by atoms with Crippen LogP contribution in [0.3, 0.4) is 0 Å². The van der Waals surface area contributed by atoms with Gasteiger partial charge in [-0.15, -0.1) is 5.10 Å². The van der Waals surface area contributed by atoms with E-state index in [1.807, 2.05) is 0 Å². The van der Waals surface area contributed by atoms with Gasteiger partial charge in [0.25, 0.3) is 0 Å². The fourth-order valence-electron chi connectivity index (χ4n) is 1.46. The van der Waals surface area contributed by atoms with Crippen molar-refractivity contribution in [2.24, 2.45) is 0 Å². The molecule has 0 amide bonds. The van der Waals surface area contributed by atoms with Crippen LogP contribution >= 0.6 is 11.5 Å². The van der Waals surface area contributed by atoms with Crippen molar-refractivity contribution in [1.82, 2.24) is 14.5 Å². The van der Waals surface area contributed by atoms with Crippen LogP contribution in [0.5, 0.6) is 0 Å². The lowest BCUT2D eigenvalue weighted by Crippen LogP contribution is -2.30. The Balaban J connectivity index is 2.65. The van der Waals surface area contributed by atoms with Crippen LogP contribution in [0, 0.1) is 0 Å². The number of nitrogens with zero attached hydrogens (tertiary/aromatic N) is 3. The van der Waals surface area contributed by atoms with Crippen molar-refractivity contribution in [2.75, 3.05) is 18.4 Å². The van der Waals surface area contributed by atoms with Crippen LogP contribution in [0.2, 0.25) is 0 Å². The second-order valence-corrected chi connectivity index (χ2v) is 4.49. The molecule has 5 heteroatoms. The predicted molar refractivity (Wildman–Crippen MR) is 65.3 cm³/mol. The van der Waals surface area contributed by atoms with Gasteiger partial charge in [0.2, 0.25) is 0 Å². The molecule has 4 nitrogen and oxygen atoms in total. The van der Waals surface area contributed by atoms with Gasteiger partial charge in [-0.05, 0) is 27.3 Å². The summed E-state index contributed by atoms with van der Waals surface area (Å²) >= 11 is 1.44. The Morgan fingerprint density at radius 3 is 2.67 bits per heavy atom. The van der Waals surface area contributed by atoms with Gasteiger partial charge < -0.3 is 5.32 Å². The molecular formula is C10H20N4S. The van der Waals surface area contributed by atoms with E-state index >= 15 is 0 Å². The maximum absolute atomic E-state index is 4.17. The quantitative estimate of drug-likeness (QED) is 0.810. The number of anilines is 1. The molecule has 1 aromatic heterocycles. The van der Waals surface area contributed by atoms with E-state index in [9.17, 15) is 0 Å². The summed E-state index contributed by atoms with van der Waals surface area (Å²) in [4.78, 5) is 2.37. The normalized spacial score (nSPS) is 11.3. The van der Waals surface area contributed by atoms with Gasteiger partial charge >= 0.3 is 0 Å². The first-order chi connectivity index (χ1) is 7.19. The Kier molecular flexibility index (Phi) is 4.98. The third-order valence-corrected chi connectivity index (χ3v) is 3.11. The minimum Gasteiger partial charge on any atom is -0.374 e. The number of rotatable bonds is 6. The zero-order valence-electron chi connectivity index (χ0n) is 9.95. The average molecular weight is 228 g/mol. The molecule has 0 saturated carbocycles. The minimum atomic E-state index is 0.547. The van der Waals surface area contributed by atoms with Gasteiger partial charge in [-0.25, -0.2) is 0 Å². The Bertz CT molecular complexity index is 285. The third kappa shape index (κ3) is 3.43. The molecular weight excluding hydrogens is 208 g/mol. The molecule has 0 aliphatic rings. The van der Waals surface area contributed by atoms with E-state index in [0.29, 0.717) is 6.04 Å². The van der Waals surface area contributed by atoms with Gasteiger partial charge in [-0.2, -0.15) is 0 Å². The van der Waals surface area contributed by atoms with Crippen LogP contribution in [0.1, 0.15) is 33.4 Å². The monoisotopic (exact) mass is 228 g/mol. The van der Waals surface area contributed by atoms with Crippen molar-refractivity contribution in [3.63, 3.8) is 0 Å². The summed E-state index contributed by atoms with van der Waals surface area (Å²) < 4.78 is 3.99. The maximum atomic E-state index is 4.17. The lowest BCUT2D eigenvalue weighted by atomic mass is 10.3. The smallest absolute Gasteiger partial charge is 0.134 e. The van der Waals surface area contributed by atoms with E-state index in [1.54, 1.807) is 0 Å². The summed E-state index contributed by atoms with van der Waals surface area (Å²) in [6.45, 7) is 11.5. The second kappa shape index (κ2) is 6.02. The molecule has 0 saturated heterocycles. The van der Waals surface area contributed by atoms with Crippen molar-refractivity contribution in [1.29, 1.82) is 0 Å². The molecule has 15 heavy (non-hydrogen) atoms. The Hall–Kier alpha value is -0.680. The fraction of sp³-hybridized carbons (Fsp3) is 0.800. The molecule has 0 aliphatic heterocycles. The van der Waals surface area contributed by atoms with E-state index in [1.165, 1.54) is 11.5 Å². The van der Waals surface area contributed by atoms with Gasteiger partial charge in [0.15, 0.2) is 0 Å². The first-order valence-corrected chi connectivity index (χ1v) is 6.25. The standard InChI is InChI=1S/C10H20N4S/c1-5-11-10-9(12-13-15-10)7-14(6-2)8(3)4/h8,11H,5-7H2,1-4H3. The fourth-order valence-corrected chi connectivity index (χ4v) is 2.10. The topological polar surface area (TPSA) is 41.1 Å². The van der Waals surface area contributed by atoms with Crippen LogP contribution in [-0.2, 0) is 6.54 Å². The first kappa shape index (κ1) is 12.4. The molecule has 86 valence electrons. The molecule has 0 unspecified atom stereocenters. The van der Waals surface area contributed by atoms with Crippen LogP contribution in [0.25, 0.3) is 0 Å². The van der Waals surface area contributed by atoms with E-state index in [4.69, 9.17) is 0 Å².